The summed E-state index contributed by atoms with van der Waals surface area (Å²) >= 11 is 4.76. The first-order valence-corrected chi connectivity index (χ1v) is 5.74. The minimum Gasteiger partial charge on any atom is -0.481 e. The van der Waals surface area contributed by atoms with Gasteiger partial charge in [0.15, 0.2) is 0 Å². The summed E-state index contributed by atoms with van der Waals surface area (Å²) in [4.78, 5) is 11.3. The number of carboxylic acids is 1. The Balaban J connectivity index is 2.63. The molecule has 0 saturated carbocycles. The second-order valence-electron chi connectivity index (χ2n) is 2.47. The molecule has 0 spiro atoms. The monoisotopic (exact) mass is 260 g/mol. The van der Waals surface area contributed by atoms with Gasteiger partial charge in [-0.2, -0.15) is 0 Å². The Kier molecular flexibility index (Phi) is 4.18. The summed E-state index contributed by atoms with van der Waals surface area (Å²) in [5.41, 5.74) is 1.07. The van der Waals surface area contributed by atoms with E-state index >= 15 is 0 Å². The molecule has 0 atom stereocenters. The fraction of sp³-hybridized carbons (Fsp3) is 0.222. The molecule has 0 fully saturated rings. The average Bonchev–Trinajstić information content (AvgIpc) is 2.48. The predicted molar refractivity (Wildman–Crippen MR) is 58.5 cm³/mol. The van der Waals surface area contributed by atoms with Gasteiger partial charge in [-0.3, -0.25) is 4.79 Å². The Labute approximate surface area is 89.0 Å². The summed E-state index contributed by atoms with van der Waals surface area (Å²) in [6.45, 7) is 0. The van der Waals surface area contributed by atoms with Crippen molar-refractivity contribution in [2.75, 3.05) is 5.33 Å². The molecule has 0 aliphatic rings. The van der Waals surface area contributed by atoms with E-state index in [1.807, 2.05) is 23.6 Å². The quantitative estimate of drug-likeness (QED) is 0.846. The zero-order valence-electron chi connectivity index (χ0n) is 6.87. The van der Waals surface area contributed by atoms with Gasteiger partial charge in [0.25, 0.3) is 0 Å². The van der Waals surface area contributed by atoms with Crippen molar-refractivity contribution in [3.8, 4) is 0 Å². The third-order valence-corrected chi connectivity index (χ3v) is 2.73. The second kappa shape index (κ2) is 5.19. The van der Waals surface area contributed by atoms with Gasteiger partial charge in [0.2, 0.25) is 0 Å². The SMILES string of the molecule is O=C(O)Cc1cc(C=CCBr)cs1. The van der Waals surface area contributed by atoms with Gasteiger partial charge >= 0.3 is 5.97 Å². The van der Waals surface area contributed by atoms with Crippen LogP contribution in [0.25, 0.3) is 6.08 Å². The highest BCUT2D eigenvalue weighted by atomic mass is 79.9. The van der Waals surface area contributed by atoms with E-state index in [0.29, 0.717) is 0 Å². The molecular formula is C9H9BrO2S. The van der Waals surface area contributed by atoms with Gasteiger partial charge < -0.3 is 5.11 Å². The molecule has 13 heavy (non-hydrogen) atoms. The fourth-order valence-electron chi connectivity index (χ4n) is 0.907. The van der Waals surface area contributed by atoms with Crippen LogP contribution in [0.2, 0.25) is 0 Å². The van der Waals surface area contributed by atoms with Crippen molar-refractivity contribution in [3.05, 3.63) is 28.0 Å². The molecule has 0 bridgehead atoms. The first-order valence-electron chi connectivity index (χ1n) is 3.74. The first-order chi connectivity index (χ1) is 6.22. The van der Waals surface area contributed by atoms with Crippen molar-refractivity contribution in [1.82, 2.24) is 0 Å². The average molecular weight is 261 g/mol. The van der Waals surface area contributed by atoms with Gasteiger partial charge in [-0.15, -0.1) is 11.3 Å². The first kappa shape index (κ1) is 10.5. The van der Waals surface area contributed by atoms with Crippen molar-refractivity contribution in [1.29, 1.82) is 0 Å². The van der Waals surface area contributed by atoms with Crippen molar-refractivity contribution in [2.24, 2.45) is 0 Å². The molecule has 0 aromatic carbocycles. The third kappa shape index (κ3) is 3.74. The lowest BCUT2D eigenvalue weighted by Crippen LogP contribution is -1.97. The molecule has 0 aliphatic heterocycles. The van der Waals surface area contributed by atoms with E-state index in [4.69, 9.17) is 5.11 Å². The molecular weight excluding hydrogens is 252 g/mol. The van der Waals surface area contributed by atoms with Crippen LogP contribution in [-0.2, 0) is 11.2 Å². The second-order valence-corrected chi connectivity index (χ2v) is 4.12. The molecule has 0 unspecified atom stereocenters. The highest BCUT2D eigenvalue weighted by molar-refractivity contribution is 9.09. The summed E-state index contributed by atoms with van der Waals surface area (Å²) in [6.07, 6.45) is 4.07. The molecule has 0 aliphatic carbocycles. The number of carboxylic acid groups (broad SMARTS) is 1. The van der Waals surface area contributed by atoms with Crippen molar-refractivity contribution < 1.29 is 9.90 Å². The Morgan fingerprint density at radius 3 is 3.08 bits per heavy atom. The van der Waals surface area contributed by atoms with Gasteiger partial charge in [-0.25, -0.2) is 0 Å². The minimum absolute atomic E-state index is 0.118. The number of allylic oxidation sites excluding steroid dienone is 1. The summed E-state index contributed by atoms with van der Waals surface area (Å²) in [6, 6.07) is 1.90. The van der Waals surface area contributed by atoms with E-state index in [-0.39, 0.29) is 6.42 Å². The van der Waals surface area contributed by atoms with Crippen LogP contribution in [-0.4, -0.2) is 16.4 Å². The number of carbonyl (C=O) groups is 1. The van der Waals surface area contributed by atoms with E-state index < -0.39 is 5.97 Å². The van der Waals surface area contributed by atoms with Gasteiger partial charge in [-0.05, 0) is 17.0 Å². The zero-order valence-corrected chi connectivity index (χ0v) is 9.27. The lowest BCUT2D eigenvalue weighted by molar-refractivity contribution is -0.136. The van der Waals surface area contributed by atoms with E-state index in [9.17, 15) is 4.79 Å². The minimum atomic E-state index is -0.780. The molecule has 2 nitrogen and oxygen atoms in total. The van der Waals surface area contributed by atoms with Gasteiger partial charge in [0.05, 0.1) is 6.42 Å². The number of aliphatic carboxylic acids is 1. The summed E-state index contributed by atoms with van der Waals surface area (Å²) in [7, 11) is 0. The number of hydrogen-bond acceptors (Lipinski definition) is 2. The maximum Gasteiger partial charge on any atom is 0.308 e. The van der Waals surface area contributed by atoms with Crippen molar-refractivity contribution in [3.63, 3.8) is 0 Å². The molecule has 4 heteroatoms. The molecule has 0 amide bonds. The smallest absolute Gasteiger partial charge is 0.308 e. The maximum absolute atomic E-state index is 10.4. The molecule has 70 valence electrons. The van der Waals surface area contributed by atoms with Gasteiger partial charge in [-0.1, -0.05) is 28.1 Å². The maximum atomic E-state index is 10.4. The molecule has 1 heterocycles. The van der Waals surface area contributed by atoms with Crippen molar-refractivity contribution >= 4 is 39.3 Å². The van der Waals surface area contributed by atoms with Crippen LogP contribution in [0.4, 0.5) is 0 Å². The third-order valence-electron chi connectivity index (χ3n) is 1.40. The number of thiophene rings is 1. The fourth-order valence-corrected chi connectivity index (χ4v) is 1.94. The summed E-state index contributed by atoms with van der Waals surface area (Å²) in [5.74, 6) is -0.780. The summed E-state index contributed by atoms with van der Waals surface area (Å²) < 4.78 is 0. The zero-order chi connectivity index (χ0) is 9.68. The van der Waals surface area contributed by atoms with Crippen LogP contribution in [0.1, 0.15) is 10.4 Å². The number of alkyl halides is 1. The number of halogens is 1. The molecule has 1 aromatic rings. The number of hydrogen-bond donors (Lipinski definition) is 1. The van der Waals surface area contributed by atoms with Crippen LogP contribution in [0.15, 0.2) is 17.5 Å². The van der Waals surface area contributed by atoms with Crippen LogP contribution < -0.4 is 0 Å². The molecule has 1 rings (SSSR count). The molecule has 0 saturated heterocycles. The highest BCUT2D eigenvalue weighted by Gasteiger charge is 2.02. The van der Waals surface area contributed by atoms with E-state index in [2.05, 4.69) is 15.9 Å². The largest absolute Gasteiger partial charge is 0.481 e. The van der Waals surface area contributed by atoms with Gasteiger partial charge in [0.1, 0.15) is 0 Å². The number of rotatable bonds is 4. The standard InChI is InChI=1S/C9H9BrO2S/c10-3-1-2-7-4-8(13-6-7)5-9(11)12/h1-2,4,6H,3,5H2,(H,11,12). The summed E-state index contributed by atoms with van der Waals surface area (Å²) in [5, 5.41) is 11.3. The van der Waals surface area contributed by atoms with Crippen LogP contribution in [0.5, 0.6) is 0 Å². The molecule has 1 N–H and O–H groups in total. The Hall–Kier alpha value is -0.610. The van der Waals surface area contributed by atoms with E-state index in [1.165, 1.54) is 11.3 Å². The lowest BCUT2D eigenvalue weighted by Gasteiger charge is -1.86. The highest BCUT2D eigenvalue weighted by Crippen LogP contribution is 2.16. The van der Waals surface area contributed by atoms with Crippen molar-refractivity contribution in [2.45, 2.75) is 6.42 Å². The molecule has 0 radical (unpaired) electrons. The Morgan fingerprint density at radius 2 is 2.46 bits per heavy atom. The predicted octanol–water partition coefficient (Wildman–Crippen LogP) is 2.78. The van der Waals surface area contributed by atoms with Crippen LogP contribution in [0.3, 0.4) is 0 Å². The normalized spacial score (nSPS) is 10.8. The Bertz CT molecular complexity index is 317. The van der Waals surface area contributed by atoms with E-state index in [0.717, 1.165) is 15.8 Å². The lowest BCUT2D eigenvalue weighted by atomic mass is 10.2. The topological polar surface area (TPSA) is 37.3 Å². The molecule has 1 aromatic heterocycles. The van der Waals surface area contributed by atoms with Crippen LogP contribution >= 0.6 is 27.3 Å². The van der Waals surface area contributed by atoms with Crippen LogP contribution in [0, 0.1) is 0 Å². The Morgan fingerprint density at radius 1 is 1.69 bits per heavy atom. The van der Waals surface area contributed by atoms with E-state index in [1.54, 1.807) is 0 Å². The van der Waals surface area contributed by atoms with Gasteiger partial charge in [0, 0.05) is 10.2 Å².